The molecule has 0 bridgehead atoms. The van der Waals surface area contributed by atoms with Crippen LogP contribution in [0.5, 0.6) is 0 Å². The molecular formula is C19H22F3N3O3. The van der Waals surface area contributed by atoms with E-state index in [1.165, 1.54) is 36.1 Å². The Kier molecular flexibility index (Phi) is 6.35. The van der Waals surface area contributed by atoms with Crippen molar-refractivity contribution in [3.63, 3.8) is 0 Å². The molecule has 2 heterocycles. The molecule has 152 valence electrons. The molecule has 0 spiro atoms. The molecule has 1 fully saturated rings. The Morgan fingerprint density at radius 2 is 2.25 bits per heavy atom. The Bertz CT molecular complexity index is 787. The second-order valence-electron chi connectivity index (χ2n) is 6.63. The maximum absolute atomic E-state index is 13.5. The number of nitrogens with one attached hydrogen (secondary N) is 1. The van der Waals surface area contributed by atoms with Gasteiger partial charge in [-0.1, -0.05) is 0 Å². The average molecular weight is 397 g/mol. The first kappa shape index (κ1) is 20.3. The first-order valence-electron chi connectivity index (χ1n) is 9.10. The molecular weight excluding hydrogens is 375 g/mol. The Hall–Kier alpha value is -2.39. The zero-order chi connectivity index (χ0) is 20.1. The molecule has 9 heteroatoms. The van der Waals surface area contributed by atoms with E-state index in [4.69, 9.17) is 9.47 Å². The molecule has 0 aliphatic carbocycles. The number of hydrogen-bond acceptors (Lipinski definition) is 4. The normalized spacial score (nSPS) is 18.6. The van der Waals surface area contributed by atoms with Crippen molar-refractivity contribution >= 4 is 11.6 Å². The van der Waals surface area contributed by atoms with Crippen LogP contribution >= 0.6 is 0 Å². The summed E-state index contributed by atoms with van der Waals surface area (Å²) in [6, 6.07) is 5.23. The van der Waals surface area contributed by atoms with E-state index in [2.05, 4.69) is 10.4 Å². The van der Waals surface area contributed by atoms with E-state index in [9.17, 15) is 18.0 Å². The number of hydrogen-bond donors (Lipinski definition) is 1. The van der Waals surface area contributed by atoms with E-state index in [0.29, 0.717) is 6.61 Å². The van der Waals surface area contributed by atoms with Gasteiger partial charge in [-0.25, -0.2) is 4.68 Å². The number of amides is 1. The number of halogens is 3. The van der Waals surface area contributed by atoms with Gasteiger partial charge in [-0.2, -0.15) is 18.3 Å². The van der Waals surface area contributed by atoms with Crippen LogP contribution < -0.4 is 5.32 Å². The summed E-state index contributed by atoms with van der Waals surface area (Å²) in [6.45, 7) is 2.40. The third kappa shape index (κ3) is 5.11. The summed E-state index contributed by atoms with van der Waals surface area (Å²) < 4.78 is 52.8. The number of ether oxygens (including phenoxy) is 2. The lowest BCUT2D eigenvalue weighted by atomic mass is 10.1. The third-order valence-corrected chi connectivity index (χ3v) is 4.51. The molecule has 2 aromatic rings. The molecule has 6 nitrogen and oxygen atoms in total. The van der Waals surface area contributed by atoms with Crippen LogP contribution in [0.1, 0.15) is 31.7 Å². The van der Waals surface area contributed by atoms with Crippen LogP contribution in [0.2, 0.25) is 0 Å². The first-order valence-corrected chi connectivity index (χ1v) is 9.10. The van der Waals surface area contributed by atoms with Crippen molar-refractivity contribution < 1.29 is 27.4 Å². The van der Waals surface area contributed by atoms with Gasteiger partial charge in [-0.15, -0.1) is 0 Å². The Morgan fingerprint density at radius 3 is 2.89 bits per heavy atom. The van der Waals surface area contributed by atoms with Crippen molar-refractivity contribution in [3.8, 4) is 5.69 Å². The van der Waals surface area contributed by atoms with Crippen LogP contribution in [0.25, 0.3) is 5.69 Å². The fraction of sp³-hybridized carbons (Fsp3) is 0.474. The molecule has 1 aliphatic heterocycles. The van der Waals surface area contributed by atoms with Gasteiger partial charge in [0.1, 0.15) is 6.10 Å². The van der Waals surface area contributed by atoms with Gasteiger partial charge >= 0.3 is 6.18 Å². The molecule has 1 aliphatic rings. The van der Waals surface area contributed by atoms with Gasteiger partial charge < -0.3 is 14.8 Å². The molecule has 1 saturated heterocycles. The molecule has 0 saturated carbocycles. The predicted octanol–water partition coefficient (Wildman–Crippen LogP) is 3.80. The number of carbonyl (C=O) groups is 1. The van der Waals surface area contributed by atoms with Gasteiger partial charge in [-0.05, 0) is 50.5 Å². The topological polar surface area (TPSA) is 65.4 Å². The summed E-state index contributed by atoms with van der Waals surface area (Å²) in [5, 5.41) is 6.25. The maximum atomic E-state index is 13.5. The highest BCUT2D eigenvalue weighted by atomic mass is 19.4. The van der Waals surface area contributed by atoms with Gasteiger partial charge in [0.25, 0.3) is 5.91 Å². The molecule has 0 radical (unpaired) electrons. The average Bonchev–Trinajstić information content (AvgIpc) is 3.21. The van der Waals surface area contributed by atoms with Gasteiger partial charge in [0.2, 0.25) is 0 Å². The fourth-order valence-corrected chi connectivity index (χ4v) is 2.94. The van der Waals surface area contributed by atoms with E-state index in [1.807, 2.05) is 0 Å². The lowest BCUT2D eigenvalue weighted by molar-refractivity contribution is -0.137. The number of nitrogens with zero attached hydrogens (tertiary/aromatic N) is 2. The van der Waals surface area contributed by atoms with E-state index in [0.717, 1.165) is 25.3 Å². The molecule has 1 aromatic heterocycles. The highest BCUT2D eigenvalue weighted by Crippen LogP contribution is 2.36. The Morgan fingerprint density at radius 1 is 1.43 bits per heavy atom. The van der Waals surface area contributed by atoms with Crippen LogP contribution in [-0.4, -0.2) is 41.1 Å². The summed E-state index contributed by atoms with van der Waals surface area (Å²) in [6.07, 6.45) is 0.274. The van der Waals surface area contributed by atoms with Crippen molar-refractivity contribution in [1.82, 2.24) is 9.78 Å². The van der Waals surface area contributed by atoms with Crippen LogP contribution in [0, 0.1) is 0 Å². The molecule has 1 N–H and O–H groups in total. The number of benzene rings is 1. The fourth-order valence-electron chi connectivity index (χ4n) is 2.94. The van der Waals surface area contributed by atoms with Gasteiger partial charge in [-0.3, -0.25) is 4.79 Å². The van der Waals surface area contributed by atoms with E-state index in [1.54, 1.807) is 6.07 Å². The summed E-state index contributed by atoms with van der Waals surface area (Å²) in [5.41, 5.74) is -1.02. The third-order valence-electron chi connectivity index (χ3n) is 4.51. The summed E-state index contributed by atoms with van der Waals surface area (Å²) in [4.78, 5) is 12.3. The minimum Gasteiger partial charge on any atom is -0.376 e. The maximum Gasteiger partial charge on any atom is 0.418 e. The van der Waals surface area contributed by atoms with Gasteiger partial charge in [0, 0.05) is 19.0 Å². The summed E-state index contributed by atoms with van der Waals surface area (Å²) in [5.74, 6) is -0.645. The first-order chi connectivity index (χ1) is 13.3. The second kappa shape index (κ2) is 8.74. The Balaban J connectivity index is 1.68. The van der Waals surface area contributed by atoms with Crippen LogP contribution in [0.15, 0.2) is 36.7 Å². The molecule has 3 rings (SSSR count). The minimum absolute atomic E-state index is 0.0805. The second-order valence-corrected chi connectivity index (χ2v) is 6.63. The highest BCUT2D eigenvalue weighted by Gasteiger charge is 2.35. The van der Waals surface area contributed by atoms with Gasteiger partial charge in [0.15, 0.2) is 0 Å². The van der Waals surface area contributed by atoms with Crippen molar-refractivity contribution in [3.05, 3.63) is 42.2 Å². The standard InChI is InChI=1S/C19H22F3N3O3/c1-13(28-12-15-5-2-3-10-27-15)18(26)24-17-7-6-14(25-9-4-8-23-25)11-16(17)19(20,21)22/h4,6-9,11,13,15H,2-3,5,10,12H2,1H3,(H,24,26). The highest BCUT2D eigenvalue weighted by molar-refractivity contribution is 5.94. The van der Waals surface area contributed by atoms with Crippen molar-refractivity contribution in [2.75, 3.05) is 18.5 Å². The number of alkyl halides is 3. The molecule has 28 heavy (non-hydrogen) atoms. The lowest BCUT2D eigenvalue weighted by Crippen LogP contribution is -2.33. The monoisotopic (exact) mass is 397 g/mol. The molecule has 1 amide bonds. The van der Waals surface area contributed by atoms with Crippen molar-refractivity contribution in [1.29, 1.82) is 0 Å². The minimum atomic E-state index is -4.63. The van der Waals surface area contributed by atoms with Crippen LogP contribution in [0.3, 0.4) is 0 Å². The van der Waals surface area contributed by atoms with E-state index in [-0.39, 0.29) is 24.1 Å². The Labute approximate surface area is 160 Å². The summed E-state index contributed by atoms with van der Waals surface area (Å²) >= 11 is 0. The number of anilines is 1. The largest absolute Gasteiger partial charge is 0.418 e. The summed E-state index contributed by atoms with van der Waals surface area (Å²) in [7, 11) is 0. The quantitative estimate of drug-likeness (QED) is 0.805. The lowest BCUT2D eigenvalue weighted by Gasteiger charge is -2.24. The van der Waals surface area contributed by atoms with Crippen molar-refractivity contribution in [2.45, 2.75) is 44.6 Å². The number of aromatic nitrogens is 2. The van der Waals surface area contributed by atoms with E-state index < -0.39 is 23.8 Å². The molecule has 2 unspecified atom stereocenters. The van der Waals surface area contributed by atoms with E-state index >= 15 is 0 Å². The van der Waals surface area contributed by atoms with Crippen molar-refractivity contribution in [2.24, 2.45) is 0 Å². The number of rotatable bonds is 6. The van der Waals surface area contributed by atoms with Gasteiger partial charge in [0.05, 0.1) is 29.6 Å². The van der Waals surface area contributed by atoms with Crippen LogP contribution in [0.4, 0.5) is 18.9 Å². The smallest absolute Gasteiger partial charge is 0.376 e. The molecule has 1 aromatic carbocycles. The zero-order valence-corrected chi connectivity index (χ0v) is 15.4. The van der Waals surface area contributed by atoms with Crippen LogP contribution in [-0.2, 0) is 20.4 Å². The number of carbonyl (C=O) groups excluding carboxylic acids is 1. The molecule has 2 atom stereocenters. The zero-order valence-electron chi connectivity index (χ0n) is 15.4. The SMILES string of the molecule is CC(OCC1CCCCO1)C(=O)Nc1ccc(-n2cccn2)cc1C(F)(F)F. The predicted molar refractivity (Wildman–Crippen MR) is 96.2 cm³/mol.